The summed E-state index contributed by atoms with van der Waals surface area (Å²) in [5.41, 5.74) is 1.19. The van der Waals surface area contributed by atoms with Gasteiger partial charge >= 0.3 is 6.03 Å². The zero-order chi connectivity index (χ0) is 16.8. The van der Waals surface area contributed by atoms with Gasteiger partial charge < -0.3 is 19.7 Å². The van der Waals surface area contributed by atoms with E-state index in [2.05, 4.69) is 22.3 Å². The summed E-state index contributed by atoms with van der Waals surface area (Å²) >= 11 is 0. The lowest BCUT2D eigenvalue weighted by Crippen LogP contribution is -2.46. The molecule has 0 radical (unpaired) electrons. The fourth-order valence-electron chi connectivity index (χ4n) is 3.39. The molecule has 6 heteroatoms. The SMILES string of the molecule is COc1ccc(C(CNC(=O)N2CCCC2)N2CCOCC2)cc1. The van der Waals surface area contributed by atoms with Gasteiger partial charge in [0.15, 0.2) is 0 Å². The smallest absolute Gasteiger partial charge is 0.317 e. The van der Waals surface area contributed by atoms with Gasteiger partial charge in [-0.3, -0.25) is 4.90 Å². The Morgan fingerprint density at radius 1 is 1.17 bits per heavy atom. The molecule has 0 saturated carbocycles. The molecule has 0 aromatic heterocycles. The minimum Gasteiger partial charge on any atom is -0.497 e. The maximum atomic E-state index is 12.3. The third-order valence-electron chi connectivity index (χ3n) is 4.83. The molecular weight excluding hydrogens is 306 g/mol. The van der Waals surface area contributed by atoms with E-state index in [-0.39, 0.29) is 12.1 Å². The lowest BCUT2D eigenvalue weighted by Gasteiger charge is -2.35. The van der Waals surface area contributed by atoms with Crippen LogP contribution in [-0.2, 0) is 4.74 Å². The maximum absolute atomic E-state index is 12.3. The average molecular weight is 333 g/mol. The zero-order valence-corrected chi connectivity index (χ0v) is 14.4. The van der Waals surface area contributed by atoms with Gasteiger partial charge in [-0.2, -0.15) is 0 Å². The van der Waals surface area contributed by atoms with Crippen LogP contribution in [0.15, 0.2) is 24.3 Å². The Kier molecular flexibility index (Phi) is 5.93. The fourth-order valence-corrected chi connectivity index (χ4v) is 3.39. The molecule has 1 aromatic rings. The Labute approximate surface area is 143 Å². The third kappa shape index (κ3) is 4.19. The lowest BCUT2D eigenvalue weighted by atomic mass is 10.0. The Morgan fingerprint density at radius 2 is 1.83 bits per heavy atom. The van der Waals surface area contributed by atoms with E-state index in [1.807, 2.05) is 17.0 Å². The number of carbonyl (C=O) groups is 1. The molecule has 2 saturated heterocycles. The van der Waals surface area contributed by atoms with E-state index in [1.54, 1.807) is 7.11 Å². The number of ether oxygens (including phenoxy) is 2. The summed E-state index contributed by atoms with van der Waals surface area (Å²) < 4.78 is 10.7. The van der Waals surface area contributed by atoms with Crippen molar-refractivity contribution in [3.8, 4) is 5.75 Å². The number of rotatable bonds is 5. The van der Waals surface area contributed by atoms with Crippen LogP contribution in [0.2, 0.25) is 0 Å². The predicted molar refractivity (Wildman–Crippen MR) is 92.3 cm³/mol. The zero-order valence-electron chi connectivity index (χ0n) is 14.4. The minimum atomic E-state index is 0.0549. The molecule has 2 heterocycles. The number of urea groups is 1. The first kappa shape index (κ1) is 17.0. The Hall–Kier alpha value is -1.79. The summed E-state index contributed by atoms with van der Waals surface area (Å²) in [5.74, 6) is 0.848. The molecule has 2 aliphatic heterocycles. The number of amides is 2. The molecule has 2 aliphatic rings. The van der Waals surface area contributed by atoms with Crippen molar-refractivity contribution in [3.05, 3.63) is 29.8 Å². The number of nitrogens with one attached hydrogen (secondary N) is 1. The van der Waals surface area contributed by atoms with Gasteiger partial charge in [0.25, 0.3) is 0 Å². The molecule has 1 atom stereocenters. The molecule has 2 amide bonds. The largest absolute Gasteiger partial charge is 0.497 e. The van der Waals surface area contributed by atoms with Gasteiger partial charge in [0.05, 0.1) is 26.4 Å². The summed E-state index contributed by atoms with van der Waals surface area (Å²) in [7, 11) is 1.67. The van der Waals surface area contributed by atoms with Crippen LogP contribution >= 0.6 is 0 Å². The molecule has 1 aromatic carbocycles. The monoisotopic (exact) mass is 333 g/mol. The first-order chi connectivity index (χ1) is 11.8. The van der Waals surface area contributed by atoms with Crippen molar-refractivity contribution in [2.75, 3.05) is 53.0 Å². The first-order valence-corrected chi connectivity index (χ1v) is 8.76. The van der Waals surface area contributed by atoms with E-state index in [0.29, 0.717) is 6.54 Å². The third-order valence-corrected chi connectivity index (χ3v) is 4.83. The lowest BCUT2D eigenvalue weighted by molar-refractivity contribution is 0.0165. The molecule has 132 valence electrons. The van der Waals surface area contributed by atoms with Gasteiger partial charge in [0.1, 0.15) is 5.75 Å². The van der Waals surface area contributed by atoms with Gasteiger partial charge in [0.2, 0.25) is 0 Å². The Morgan fingerprint density at radius 3 is 2.46 bits per heavy atom. The highest BCUT2D eigenvalue weighted by Gasteiger charge is 2.25. The van der Waals surface area contributed by atoms with Gasteiger partial charge in [0, 0.05) is 32.7 Å². The van der Waals surface area contributed by atoms with Gasteiger partial charge in [-0.1, -0.05) is 12.1 Å². The second kappa shape index (κ2) is 8.35. The van der Waals surface area contributed by atoms with Gasteiger partial charge in [-0.05, 0) is 30.5 Å². The molecule has 2 fully saturated rings. The van der Waals surface area contributed by atoms with Crippen LogP contribution in [0.5, 0.6) is 5.75 Å². The molecule has 1 N–H and O–H groups in total. The second-order valence-electron chi connectivity index (χ2n) is 6.32. The van der Waals surface area contributed by atoms with Crippen molar-refractivity contribution in [1.29, 1.82) is 0 Å². The number of nitrogens with zero attached hydrogens (tertiary/aromatic N) is 2. The number of methoxy groups -OCH3 is 1. The standard InChI is InChI=1S/C18H27N3O3/c1-23-16-6-4-15(5-7-16)17(20-10-12-24-13-11-20)14-19-18(22)21-8-2-3-9-21/h4-7,17H,2-3,8-14H2,1H3,(H,19,22). The Balaban J connectivity index is 1.67. The summed E-state index contributed by atoms with van der Waals surface area (Å²) in [6, 6.07) is 8.34. The second-order valence-corrected chi connectivity index (χ2v) is 6.32. The number of carbonyl (C=O) groups excluding carboxylic acids is 1. The van der Waals surface area contributed by atoms with E-state index in [4.69, 9.17) is 9.47 Å². The van der Waals surface area contributed by atoms with E-state index < -0.39 is 0 Å². The normalized spacial score (nSPS) is 20.0. The fraction of sp³-hybridized carbons (Fsp3) is 0.611. The topological polar surface area (TPSA) is 54.0 Å². The van der Waals surface area contributed by atoms with E-state index >= 15 is 0 Å². The van der Waals surface area contributed by atoms with Crippen LogP contribution in [-0.4, -0.2) is 68.9 Å². The van der Waals surface area contributed by atoms with Crippen molar-refractivity contribution in [2.24, 2.45) is 0 Å². The molecule has 3 rings (SSSR count). The van der Waals surface area contributed by atoms with Crippen LogP contribution in [0.1, 0.15) is 24.4 Å². The van der Waals surface area contributed by atoms with Crippen molar-refractivity contribution in [3.63, 3.8) is 0 Å². The van der Waals surface area contributed by atoms with Gasteiger partial charge in [-0.25, -0.2) is 4.79 Å². The summed E-state index contributed by atoms with van der Waals surface area (Å²) in [6.45, 7) is 5.61. The van der Waals surface area contributed by atoms with Gasteiger partial charge in [-0.15, -0.1) is 0 Å². The van der Waals surface area contributed by atoms with E-state index in [0.717, 1.165) is 58.0 Å². The number of hydrogen-bond acceptors (Lipinski definition) is 4. The maximum Gasteiger partial charge on any atom is 0.317 e. The minimum absolute atomic E-state index is 0.0549. The van der Waals surface area contributed by atoms with Crippen LogP contribution < -0.4 is 10.1 Å². The summed E-state index contributed by atoms with van der Waals surface area (Å²) in [4.78, 5) is 16.6. The quantitative estimate of drug-likeness (QED) is 0.894. The van der Waals surface area contributed by atoms with Crippen molar-refractivity contribution in [1.82, 2.24) is 15.1 Å². The van der Waals surface area contributed by atoms with Crippen LogP contribution in [0.25, 0.3) is 0 Å². The number of hydrogen-bond donors (Lipinski definition) is 1. The van der Waals surface area contributed by atoms with Crippen LogP contribution in [0.4, 0.5) is 4.79 Å². The van der Waals surface area contributed by atoms with Crippen molar-refractivity contribution >= 4 is 6.03 Å². The molecule has 24 heavy (non-hydrogen) atoms. The number of likely N-dealkylation sites (tertiary alicyclic amines) is 1. The van der Waals surface area contributed by atoms with Crippen molar-refractivity contribution < 1.29 is 14.3 Å². The molecule has 0 bridgehead atoms. The molecule has 0 spiro atoms. The first-order valence-electron chi connectivity index (χ1n) is 8.76. The Bertz CT molecular complexity index is 523. The highest BCUT2D eigenvalue weighted by molar-refractivity contribution is 5.74. The van der Waals surface area contributed by atoms with Crippen LogP contribution in [0, 0.1) is 0 Å². The molecule has 6 nitrogen and oxygen atoms in total. The molecule has 1 unspecified atom stereocenters. The predicted octanol–water partition coefficient (Wildman–Crippen LogP) is 1.87. The highest BCUT2D eigenvalue weighted by Crippen LogP contribution is 2.24. The number of benzene rings is 1. The summed E-state index contributed by atoms with van der Waals surface area (Å²) in [5, 5.41) is 3.12. The highest BCUT2D eigenvalue weighted by atomic mass is 16.5. The average Bonchev–Trinajstić information content (AvgIpc) is 3.18. The summed E-state index contributed by atoms with van der Waals surface area (Å²) in [6.07, 6.45) is 2.22. The molecular formula is C18H27N3O3. The molecule has 0 aliphatic carbocycles. The van der Waals surface area contributed by atoms with Crippen LogP contribution in [0.3, 0.4) is 0 Å². The van der Waals surface area contributed by atoms with E-state index in [9.17, 15) is 4.79 Å². The number of morpholine rings is 1. The van der Waals surface area contributed by atoms with E-state index in [1.165, 1.54) is 5.56 Å². The van der Waals surface area contributed by atoms with Crippen molar-refractivity contribution in [2.45, 2.75) is 18.9 Å².